The molecule has 39 heavy (non-hydrogen) atoms. The van der Waals surface area contributed by atoms with E-state index in [9.17, 15) is 9.59 Å². The van der Waals surface area contributed by atoms with E-state index in [1.54, 1.807) is 18.3 Å². The molecule has 204 valence electrons. The number of nitrogens with zero attached hydrogens (tertiary/aromatic N) is 3. The zero-order valence-corrected chi connectivity index (χ0v) is 22.3. The lowest BCUT2D eigenvalue weighted by molar-refractivity contribution is -0.112. The Bertz CT molecular complexity index is 1280. The van der Waals surface area contributed by atoms with Gasteiger partial charge in [0.1, 0.15) is 17.9 Å². The molecule has 1 saturated heterocycles. The molecule has 0 radical (unpaired) electrons. The number of amides is 1. The summed E-state index contributed by atoms with van der Waals surface area (Å²) in [7, 11) is 0. The number of carbonyl (C=O) groups excluding carboxylic acids is 2. The van der Waals surface area contributed by atoms with Gasteiger partial charge < -0.3 is 20.2 Å². The Labute approximate surface area is 229 Å². The number of morpholine rings is 1. The molecule has 1 aromatic carbocycles. The van der Waals surface area contributed by atoms with Gasteiger partial charge in [0.2, 0.25) is 5.91 Å². The van der Waals surface area contributed by atoms with Gasteiger partial charge in [-0.3, -0.25) is 14.8 Å². The van der Waals surface area contributed by atoms with Crippen molar-refractivity contribution in [2.45, 2.75) is 31.6 Å². The first-order valence-corrected chi connectivity index (χ1v) is 13.7. The molecular formula is C30H36N6O3. The quantitative estimate of drug-likeness (QED) is 0.239. The highest BCUT2D eigenvalue weighted by atomic mass is 16.5. The zero-order valence-electron chi connectivity index (χ0n) is 22.3. The fraction of sp³-hybridized carbons (Fsp3) is 0.400. The van der Waals surface area contributed by atoms with E-state index in [1.807, 2.05) is 36.4 Å². The molecule has 3 heterocycles. The Kier molecular flexibility index (Phi) is 8.80. The van der Waals surface area contributed by atoms with Crippen LogP contribution in [0.25, 0.3) is 11.1 Å². The summed E-state index contributed by atoms with van der Waals surface area (Å²) in [5.74, 6) is 1.55. The van der Waals surface area contributed by atoms with Crippen molar-refractivity contribution in [2.75, 3.05) is 50.0 Å². The van der Waals surface area contributed by atoms with E-state index in [0.717, 1.165) is 61.6 Å². The van der Waals surface area contributed by atoms with Gasteiger partial charge in [0.15, 0.2) is 0 Å². The van der Waals surface area contributed by atoms with E-state index < -0.39 is 0 Å². The van der Waals surface area contributed by atoms with Crippen LogP contribution in [0.3, 0.4) is 0 Å². The molecule has 1 saturated carbocycles. The average Bonchev–Trinajstić information content (AvgIpc) is 3.71. The number of aldehydes is 1. The number of hydrogen-bond acceptors (Lipinski definition) is 7. The summed E-state index contributed by atoms with van der Waals surface area (Å²) in [5.41, 5.74) is 4.03. The Balaban J connectivity index is 1.16. The van der Waals surface area contributed by atoms with Crippen molar-refractivity contribution in [1.82, 2.24) is 20.1 Å². The highest BCUT2D eigenvalue weighted by Crippen LogP contribution is 2.39. The predicted molar refractivity (Wildman–Crippen MR) is 152 cm³/mol. The number of H-pyrrole nitrogens is 1. The van der Waals surface area contributed by atoms with E-state index in [4.69, 9.17) is 4.74 Å². The van der Waals surface area contributed by atoms with Crippen molar-refractivity contribution in [2.24, 2.45) is 5.92 Å². The summed E-state index contributed by atoms with van der Waals surface area (Å²) in [6.07, 6.45) is 8.61. The lowest BCUT2D eigenvalue weighted by atomic mass is 9.87. The van der Waals surface area contributed by atoms with Crippen LogP contribution in [0.4, 0.5) is 11.6 Å². The largest absolute Gasteiger partial charge is 0.379 e. The van der Waals surface area contributed by atoms with Crippen molar-refractivity contribution in [3.63, 3.8) is 0 Å². The molecule has 0 unspecified atom stereocenters. The number of anilines is 2. The van der Waals surface area contributed by atoms with Gasteiger partial charge in [-0.25, -0.2) is 4.98 Å². The molecule has 3 aromatic rings. The Morgan fingerprint density at radius 2 is 2.00 bits per heavy atom. The van der Waals surface area contributed by atoms with Gasteiger partial charge >= 0.3 is 0 Å². The maximum Gasteiger partial charge on any atom is 0.249 e. The van der Waals surface area contributed by atoms with Gasteiger partial charge in [0.25, 0.3) is 0 Å². The molecule has 9 heteroatoms. The molecule has 0 bridgehead atoms. The third-order valence-corrected chi connectivity index (χ3v) is 7.34. The summed E-state index contributed by atoms with van der Waals surface area (Å²) in [4.78, 5) is 31.0. The molecule has 9 nitrogen and oxygen atoms in total. The minimum Gasteiger partial charge on any atom is -0.379 e. The molecule has 2 aliphatic rings. The minimum absolute atomic E-state index is 0.0749. The van der Waals surface area contributed by atoms with Crippen molar-refractivity contribution in [1.29, 1.82) is 0 Å². The van der Waals surface area contributed by atoms with E-state index in [1.165, 1.54) is 18.5 Å². The van der Waals surface area contributed by atoms with Crippen LogP contribution in [0.15, 0.2) is 60.8 Å². The standard InChI is InChI=1S/C30H36N6O3/c1-21(18-31-29-17-27(34-35-29)22-7-8-22)26(20-37)24-5-2-4-23(16-24)25-9-10-28(32-19-25)33-30(38)6-3-11-36-12-14-39-15-13-36/h2-6,9-10,16-17,19-22,26H,7-8,11-15,18H2,1H3,(H2,31,34,35)(H,32,33,38)/b6-3+/t21-,26+/m1/s1. The van der Waals surface area contributed by atoms with Gasteiger partial charge in [-0.15, -0.1) is 0 Å². The van der Waals surface area contributed by atoms with Crippen LogP contribution < -0.4 is 10.6 Å². The van der Waals surface area contributed by atoms with Crippen LogP contribution in [0.1, 0.15) is 42.9 Å². The smallest absolute Gasteiger partial charge is 0.249 e. The second-order valence-electron chi connectivity index (χ2n) is 10.4. The third-order valence-electron chi connectivity index (χ3n) is 7.34. The Morgan fingerprint density at radius 1 is 1.15 bits per heavy atom. The second kappa shape index (κ2) is 12.8. The highest BCUT2D eigenvalue weighted by Gasteiger charge is 2.26. The van der Waals surface area contributed by atoms with Gasteiger partial charge in [0, 0.05) is 67.6 Å². The van der Waals surface area contributed by atoms with Crippen molar-refractivity contribution in [3.8, 4) is 11.1 Å². The Hall–Kier alpha value is -3.82. The third kappa shape index (κ3) is 7.40. The number of carbonyl (C=O) groups is 2. The molecule has 0 spiro atoms. The van der Waals surface area contributed by atoms with Gasteiger partial charge in [0.05, 0.1) is 13.2 Å². The molecule has 5 rings (SSSR count). The number of ether oxygens (including phenoxy) is 1. The summed E-state index contributed by atoms with van der Waals surface area (Å²) in [5, 5.41) is 13.6. The molecule has 1 aliphatic heterocycles. The topological polar surface area (TPSA) is 112 Å². The number of aromatic nitrogens is 3. The van der Waals surface area contributed by atoms with E-state index in [2.05, 4.69) is 43.7 Å². The van der Waals surface area contributed by atoms with Crippen molar-refractivity contribution >= 4 is 23.8 Å². The SMILES string of the molecule is C[C@H](CNc1cc(C2CC2)[nH]n1)[C@H](C=O)c1cccc(-c2ccc(NC(=O)/C=C/CN3CCOCC3)nc2)c1. The molecule has 3 N–H and O–H groups in total. The van der Waals surface area contributed by atoms with Crippen LogP contribution in [-0.2, 0) is 14.3 Å². The predicted octanol–water partition coefficient (Wildman–Crippen LogP) is 4.21. The monoisotopic (exact) mass is 528 g/mol. The molecular weight excluding hydrogens is 492 g/mol. The maximum absolute atomic E-state index is 12.3. The molecule has 1 aliphatic carbocycles. The molecule has 1 amide bonds. The summed E-state index contributed by atoms with van der Waals surface area (Å²) in [6.45, 7) is 6.66. The Morgan fingerprint density at radius 3 is 2.74 bits per heavy atom. The second-order valence-corrected chi connectivity index (χ2v) is 10.4. The average molecular weight is 529 g/mol. The van der Waals surface area contributed by atoms with Crippen molar-refractivity contribution in [3.05, 3.63) is 72.1 Å². The number of benzene rings is 1. The molecule has 2 fully saturated rings. The van der Waals surface area contributed by atoms with Crippen LogP contribution in [-0.4, -0.2) is 71.7 Å². The summed E-state index contributed by atoms with van der Waals surface area (Å²) >= 11 is 0. The fourth-order valence-electron chi connectivity index (χ4n) is 4.79. The van der Waals surface area contributed by atoms with E-state index in [0.29, 0.717) is 18.3 Å². The summed E-state index contributed by atoms with van der Waals surface area (Å²) in [6, 6.07) is 13.8. The number of rotatable bonds is 12. The van der Waals surface area contributed by atoms with Crippen LogP contribution in [0, 0.1) is 5.92 Å². The van der Waals surface area contributed by atoms with Crippen LogP contribution in [0.2, 0.25) is 0 Å². The number of hydrogen-bond donors (Lipinski definition) is 3. The minimum atomic E-state index is -0.255. The first-order chi connectivity index (χ1) is 19.1. The molecule has 2 atom stereocenters. The highest BCUT2D eigenvalue weighted by molar-refractivity contribution is 5.98. The van der Waals surface area contributed by atoms with Crippen LogP contribution >= 0.6 is 0 Å². The van der Waals surface area contributed by atoms with Crippen LogP contribution in [0.5, 0.6) is 0 Å². The molecule has 2 aromatic heterocycles. The van der Waals surface area contributed by atoms with Gasteiger partial charge in [-0.05, 0) is 42.0 Å². The zero-order chi connectivity index (χ0) is 27.0. The lowest BCUT2D eigenvalue weighted by Gasteiger charge is -2.24. The van der Waals surface area contributed by atoms with Crippen molar-refractivity contribution < 1.29 is 14.3 Å². The van der Waals surface area contributed by atoms with E-state index >= 15 is 0 Å². The number of nitrogens with one attached hydrogen (secondary N) is 3. The fourth-order valence-corrected chi connectivity index (χ4v) is 4.79. The first-order valence-electron chi connectivity index (χ1n) is 13.7. The van der Waals surface area contributed by atoms with Gasteiger partial charge in [-0.2, -0.15) is 5.10 Å². The lowest BCUT2D eigenvalue weighted by Crippen LogP contribution is -2.36. The summed E-state index contributed by atoms with van der Waals surface area (Å²) < 4.78 is 5.34. The number of pyridine rings is 1. The first kappa shape index (κ1) is 26.8. The number of aromatic amines is 1. The maximum atomic E-state index is 12.3. The van der Waals surface area contributed by atoms with E-state index in [-0.39, 0.29) is 17.7 Å². The van der Waals surface area contributed by atoms with Gasteiger partial charge in [-0.1, -0.05) is 37.3 Å². The normalized spacial score (nSPS) is 17.6.